The predicted octanol–water partition coefficient (Wildman–Crippen LogP) is 4.88. The van der Waals surface area contributed by atoms with Gasteiger partial charge >= 0.3 is 6.09 Å². The first-order valence-corrected chi connectivity index (χ1v) is 13.2. The molecule has 3 aromatic rings. The van der Waals surface area contributed by atoms with E-state index in [1.807, 2.05) is 19.1 Å². The van der Waals surface area contributed by atoms with Crippen molar-refractivity contribution in [1.82, 2.24) is 9.88 Å². The van der Waals surface area contributed by atoms with Crippen molar-refractivity contribution in [1.29, 1.82) is 0 Å². The third-order valence-electron chi connectivity index (χ3n) is 5.56. The van der Waals surface area contributed by atoms with Gasteiger partial charge in [0.2, 0.25) is 0 Å². The zero-order valence-corrected chi connectivity index (χ0v) is 21.9. The Labute approximate surface area is 222 Å². The van der Waals surface area contributed by atoms with Crippen molar-refractivity contribution in [3.63, 3.8) is 0 Å². The van der Waals surface area contributed by atoms with Crippen LogP contribution in [-0.2, 0) is 11.2 Å². The van der Waals surface area contributed by atoms with Gasteiger partial charge in [0, 0.05) is 11.9 Å². The number of nitrogens with one attached hydrogen (secondary N) is 1. The summed E-state index contributed by atoms with van der Waals surface area (Å²) in [6, 6.07) is 12.2. The second-order valence-electron chi connectivity index (χ2n) is 8.08. The van der Waals surface area contributed by atoms with Gasteiger partial charge in [-0.2, -0.15) is 0 Å². The van der Waals surface area contributed by atoms with E-state index in [1.165, 1.54) is 20.8 Å². The Bertz CT molecular complexity index is 1310. The SMILES string of the molecule is CCCc1cc(N2C[C@H](CNC(=O)c3ccc(Cl)s3)OC2=O)ccc1-n1cccc(OCCCl)c1=O. The van der Waals surface area contributed by atoms with Crippen LogP contribution in [0.3, 0.4) is 0 Å². The molecule has 190 valence electrons. The van der Waals surface area contributed by atoms with Crippen molar-refractivity contribution in [3.8, 4) is 11.4 Å². The zero-order chi connectivity index (χ0) is 25.7. The standard InChI is InChI=1S/C25H25Cl2N3O5S/c1-2-4-16-13-17(6-7-19(16)29-11-3-5-20(24(29)32)34-12-10-26)30-15-18(35-25(30)33)14-28-23(31)21-8-9-22(27)36-21/h3,5-9,11,13,18H,2,4,10,12,14-15H2,1H3,(H,28,31)/t18-/m0/s1. The van der Waals surface area contributed by atoms with Gasteiger partial charge in [-0.05, 0) is 54.4 Å². The van der Waals surface area contributed by atoms with Gasteiger partial charge in [-0.1, -0.05) is 24.9 Å². The number of rotatable bonds is 10. The van der Waals surface area contributed by atoms with Crippen LogP contribution in [0.15, 0.2) is 53.5 Å². The molecule has 0 aliphatic carbocycles. The molecule has 1 atom stereocenters. The molecule has 0 saturated carbocycles. The predicted molar refractivity (Wildman–Crippen MR) is 142 cm³/mol. The van der Waals surface area contributed by atoms with Gasteiger partial charge in [0.15, 0.2) is 5.75 Å². The lowest BCUT2D eigenvalue weighted by atomic mass is 10.1. The number of ether oxygens (including phenoxy) is 2. The first kappa shape index (κ1) is 26.1. The number of amides is 2. The molecule has 1 aliphatic rings. The number of cyclic esters (lactones) is 1. The number of hydrogen-bond acceptors (Lipinski definition) is 6. The first-order chi connectivity index (χ1) is 17.4. The second kappa shape index (κ2) is 11.8. The molecule has 0 unspecified atom stereocenters. The molecule has 2 amide bonds. The maximum Gasteiger partial charge on any atom is 0.414 e. The maximum absolute atomic E-state index is 13.0. The van der Waals surface area contributed by atoms with Crippen LogP contribution in [0.1, 0.15) is 28.6 Å². The van der Waals surface area contributed by atoms with E-state index in [9.17, 15) is 14.4 Å². The average molecular weight is 550 g/mol. The third kappa shape index (κ3) is 5.86. The van der Waals surface area contributed by atoms with Crippen molar-refractivity contribution < 1.29 is 19.1 Å². The summed E-state index contributed by atoms with van der Waals surface area (Å²) in [6.07, 6.45) is 2.25. The van der Waals surface area contributed by atoms with Gasteiger partial charge in [-0.15, -0.1) is 22.9 Å². The van der Waals surface area contributed by atoms with E-state index in [0.29, 0.717) is 27.0 Å². The number of hydrogen-bond donors (Lipinski definition) is 1. The number of halogens is 2. The monoisotopic (exact) mass is 549 g/mol. The summed E-state index contributed by atoms with van der Waals surface area (Å²) >= 11 is 12.8. The van der Waals surface area contributed by atoms with E-state index in [4.69, 9.17) is 32.7 Å². The molecule has 0 radical (unpaired) electrons. The van der Waals surface area contributed by atoms with Crippen LogP contribution < -0.4 is 20.5 Å². The number of carbonyl (C=O) groups is 2. The Morgan fingerprint density at radius 3 is 2.81 bits per heavy atom. The van der Waals surface area contributed by atoms with Crippen LogP contribution in [-0.4, -0.2) is 48.2 Å². The summed E-state index contributed by atoms with van der Waals surface area (Å²) in [4.78, 5) is 39.9. The highest BCUT2D eigenvalue weighted by Crippen LogP contribution is 2.27. The number of nitrogens with zero attached hydrogens (tertiary/aromatic N) is 2. The summed E-state index contributed by atoms with van der Waals surface area (Å²) in [5.74, 6) is 0.240. The number of anilines is 1. The molecule has 0 spiro atoms. The summed E-state index contributed by atoms with van der Waals surface area (Å²) in [5, 5.41) is 2.79. The maximum atomic E-state index is 13.0. The fourth-order valence-electron chi connectivity index (χ4n) is 3.94. The molecule has 3 heterocycles. The number of alkyl halides is 1. The largest absolute Gasteiger partial charge is 0.487 e. The molecule has 1 N–H and O–H groups in total. The van der Waals surface area contributed by atoms with Crippen LogP contribution in [0, 0.1) is 0 Å². The Hall–Kier alpha value is -3.01. The molecule has 1 saturated heterocycles. The van der Waals surface area contributed by atoms with Gasteiger partial charge in [0.1, 0.15) is 12.7 Å². The first-order valence-electron chi connectivity index (χ1n) is 11.5. The van der Waals surface area contributed by atoms with Crippen molar-refractivity contribution in [3.05, 3.63) is 73.8 Å². The van der Waals surface area contributed by atoms with E-state index in [-0.39, 0.29) is 42.8 Å². The Morgan fingerprint density at radius 1 is 1.25 bits per heavy atom. The average Bonchev–Trinajstić information content (AvgIpc) is 3.47. The molecule has 1 aliphatic heterocycles. The molecule has 0 bridgehead atoms. The number of aromatic nitrogens is 1. The van der Waals surface area contributed by atoms with Crippen LogP contribution in [0.2, 0.25) is 4.34 Å². The Balaban J connectivity index is 1.51. The molecule has 36 heavy (non-hydrogen) atoms. The van der Waals surface area contributed by atoms with Gasteiger partial charge in [0.05, 0.1) is 33.9 Å². The van der Waals surface area contributed by atoms with E-state index in [2.05, 4.69) is 5.32 Å². The summed E-state index contributed by atoms with van der Waals surface area (Å²) in [7, 11) is 0. The van der Waals surface area contributed by atoms with Gasteiger partial charge in [-0.3, -0.25) is 19.1 Å². The minimum Gasteiger partial charge on any atom is -0.487 e. The van der Waals surface area contributed by atoms with E-state index >= 15 is 0 Å². The zero-order valence-electron chi connectivity index (χ0n) is 19.5. The number of thiophene rings is 1. The Kier molecular flexibility index (Phi) is 8.56. The molecule has 8 nitrogen and oxygen atoms in total. The highest BCUT2D eigenvalue weighted by molar-refractivity contribution is 7.18. The van der Waals surface area contributed by atoms with Crippen molar-refractivity contribution in [2.45, 2.75) is 25.9 Å². The minimum absolute atomic E-state index is 0.182. The molecular formula is C25H25Cl2N3O5S. The minimum atomic E-state index is -0.496. The van der Waals surface area contributed by atoms with E-state index in [1.54, 1.807) is 36.5 Å². The normalized spacial score (nSPS) is 15.1. The van der Waals surface area contributed by atoms with Gasteiger partial charge < -0.3 is 14.8 Å². The fraction of sp³-hybridized carbons (Fsp3) is 0.320. The Morgan fingerprint density at radius 2 is 2.08 bits per heavy atom. The molecular weight excluding hydrogens is 525 g/mol. The lowest BCUT2D eigenvalue weighted by Gasteiger charge is -2.18. The van der Waals surface area contributed by atoms with Crippen LogP contribution in [0.25, 0.3) is 5.69 Å². The number of aryl methyl sites for hydroxylation is 1. The smallest absolute Gasteiger partial charge is 0.414 e. The van der Waals surface area contributed by atoms with Crippen LogP contribution >= 0.6 is 34.5 Å². The second-order valence-corrected chi connectivity index (χ2v) is 10.2. The lowest BCUT2D eigenvalue weighted by Crippen LogP contribution is -2.34. The van der Waals surface area contributed by atoms with Crippen LogP contribution in [0.5, 0.6) is 5.75 Å². The van der Waals surface area contributed by atoms with Gasteiger partial charge in [-0.25, -0.2) is 4.79 Å². The third-order valence-corrected chi connectivity index (χ3v) is 6.95. The van der Waals surface area contributed by atoms with E-state index < -0.39 is 12.2 Å². The van der Waals surface area contributed by atoms with Crippen molar-refractivity contribution in [2.24, 2.45) is 0 Å². The fourth-order valence-corrected chi connectivity index (χ4v) is 4.97. The molecule has 4 rings (SSSR count). The van der Waals surface area contributed by atoms with Crippen molar-refractivity contribution in [2.75, 3.05) is 30.5 Å². The molecule has 11 heteroatoms. The molecule has 1 fully saturated rings. The highest BCUT2D eigenvalue weighted by Gasteiger charge is 2.33. The molecule has 1 aromatic carbocycles. The quantitative estimate of drug-likeness (QED) is 0.364. The van der Waals surface area contributed by atoms with Gasteiger partial charge in [0.25, 0.3) is 11.5 Å². The van der Waals surface area contributed by atoms with Crippen molar-refractivity contribution >= 4 is 52.2 Å². The number of pyridine rings is 1. The lowest BCUT2D eigenvalue weighted by molar-refractivity contribution is 0.0920. The topological polar surface area (TPSA) is 89.9 Å². The number of carbonyl (C=O) groups excluding carboxylic acids is 2. The summed E-state index contributed by atoms with van der Waals surface area (Å²) in [6.45, 7) is 2.75. The molecule has 2 aromatic heterocycles. The highest BCUT2D eigenvalue weighted by atomic mass is 35.5. The van der Waals surface area contributed by atoms with E-state index in [0.717, 1.165) is 12.0 Å². The summed E-state index contributed by atoms with van der Waals surface area (Å²) < 4.78 is 13.0. The summed E-state index contributed by atoms with van der Waals surface area (Å²) in [5.41, 5.74) is 2.00. The van der Waals surface area contributed by atoms with Crippen LogP contribution in [0.4, 0.5) is 10.5 Å². The number of benzene rings is 1.